The highest BCUT2D eigenvalue weighted by atomic mass is 19.4. The van der Waals surface area contributed by atoms with Gasteiger partial charge >= 0.3 is 12.1 Å². The molecule has 98 valence electrons. The van der Waals surface area contributed by atoms with Crippen molar-refractivity contribution in [3.63, 3.8) is 0 Å². The van der Waals surface area contributed by atoms with Gasteiger partial charge in [-0.1, -0.05) is 0 Å². The lowest BCUT2D eigenvalue weighted by atomic mass is 10.2. The number of aromatic carboxylic acids is 1. The molecule has 0 saturated heterocycles. The van der Waals surface area contributed by atoms with Crippen LogP contribution in [-0.2, 0) is 4.79 Å². The van der Waals surface area contributed by atoms with E-state index in [2.05, 4.69) is 0 Å². The number of benzene rings is 1. The minimum atomic E-state index is -4.68. The zero-order valence-electron chi connectivity index (χ0n) is 8.78. The van der Waals surface area contributed by atoms with Crippen molar-refractivity contribution in [3.8, 4) is 5.75 Å². The number of nitrogens with one attached hydrogen (secondary N) is 1. The molecule has 1 amide bonds. The van der Waals surface area contributed by atoms with Crippen LogP contribution >= 0.6 is 0 Å². The van der Waals surface area contributed by atoms with Crippen LogP contribution in [0.5, 0.6) is 5.75 Å². The second-order valence-electron chi connectivity index (χ2n) is 3.38. The molecule has 0 atom stereocenters. The Balaban J connectivity index is 2.87. The molecule has 0 radical (unpaired) electrons. The predicted octanol–water partition coefficient (Wildman–Crippen LogP) is 1.98. The number of phenols is 1. The normalized spacial score (nSPS) is 11.1. The first-order valence-electron chi connectivity index (χ1n) is 4.62. The maximum absolute atomic E-state index is 11.9. The number of aromatic hydroxyl groups is 1. The number of carboxylic acid groups (broad SMARTS) is 1. The molecule has 0 aliphatic heterocycles. The Morgan fingerprint density at radius 1 is 1.28 bits per heavy atom. The number of halogens is 3. The van der Waals surface area contributed by atoms with Crippen molar-refractivity contribution in [2.75, 3.05) is 5.32 Å². The van der Waals surface area contributed by atoms with Crippen LogP contribution in [0.15, 0.2) is 18.2 Å². The summed E-state index contributed by atoms with van der Waals surface area (Å²) in [6, 6.07) is 2.88. The highest BCUT2D eigenvalue weighted by Crippen LogP contribution is 2.26. The number of alkyl halides is 3. The number of carboxylic acids is 1. The van der Waals surface area contributed by atoms with E-state index >= 15 is 0 Å². The number of amides is 1. The molecule has 0 bridgehead atoms. The van der Waals surface area contributed by atoms with Crippen molar-refractivity contribution < 1.29 is 33.0 Å². The Hall–Kier alpha value is -2.25. The van der Waals surface area contributed by atoms with Gasteiger partial charge in [0.15, 0.2) is 0 Å². The van der Waals surface area contributed by atoms with E-state index in [-0.39, 0.29) is 11.3 Å². The number of hydrogen-bond acceptors (Lipinski definition) is 3. The first kappa shape index (κ1) is 13.8. The Morgan fingerprint density at radius 3 is 2.39 bits per heavy atom. The van der Waals surface area contributed by atoms with Crippen LogP contribution in [0.1, 0.15) is 16.8 Å². The van der Waals surface area contributed by atoms with E-state index in [1.54, 1.807) is 5.32 Å². The molecule has 1 aromatic carbocycles. The summed E-state index contributed by atoms with van der Waals surface area (Å²) in [5, 5.41) is 19.7. The third-order valence-electron chi connectivity index (χ3n) is 1.88. The van der Waals surface area contributed by atoms with Gasteiger partial charge in [0.05, 0.1) is 11.3 Å². The van der Waals surface area contributed by atoms with Crippen LogP contribution in [0.3, 0.4) is 0 Å². The third-order valence-corrected chi connectivity index (χ3v) is 1.88. The van der Waals surface area contributed by atoms with E-state index in [0.717, 1.165) is 18.2 Å². The zero-order chi connectivity index (χ0) is 13.9. The largest absolute Gasteiger partial charge is 0.506 e. The van der Waals surface area contributed by atoms with Gasteiger partial charge in [-0.2, -0.15) is 13.2 Å². The van der Waals surface area contributed by atoms with Crippen molar-refractivity contribution in [2.24, 2.45) is 0 Å². The fourth-order valence-corrected chi connectivity index (χ4v) is 1.15. The summed E-state index contributed by atoms with van der Waals surface area (Å²) < 4.78 is 35.7. The molecule has 0 aliphatic carbocycles. The van der Waals surface area contributed by atoms with Crippen molar-refractivity contribution >= 4 is 17.6 Å². The average Bonchev–Trinajstić information content (AvgIpc) is 2.18. The minimum Gasteiger partial charge on any atom is -0.506 e. The Kier molecular flexibility index (Phi) is 3.79. The predicted molar refractivity (Wildman–Crippen MR) is 54.4 cm³/mol. The number of rotatable bonds is 3. The van der Waals surface area contributed by atoms with Gasteiger partial charge < -0.3 is 15.5 Å². The van der Waals surface area contributed by atoms with Gasteiger partial charge in [-0.3, -0.25) is 4.79 Å². The van der Waals surface area contributed by atoms with Gasteiger partial charge in [-0.25, -0.2) is 4.79 Å². The topological polar surface area (TPSA) is 86.6 Å². The Morgan fingerprint density at radius 2 is 1.89 bits per heavy atom. The van der Waals surface area contributed by atoms with E-state index < -0.39 is 30.2 Å². The fourth-order valence-electron chi connectivity index (χ4n) is 1.15. The van der Waals surface area contributed by atoms with Crippen LogP contribution in [0.25, 0.3) is 0 Å². The molecular formula is C10H8F3NO4. The summed E-state index contributed by atoms with van der Waals surface area (Å²) in [7, 11) is 0. The lowest BCUT2D eigenvalue weighted by Crippen LogP contribution is -2.21. The zero-order valence-corrected chi connectivity index (χ0v) is 8.78. The maximum atomic E-state index is 11.9. The van der Waals surface area contributed by atoms with Crippen LogP contribution in [-0.4, -0.2) is 28.3 Å². The summed E-state index contributed by atoms with van der Waals surface area (Å²) in [6.45, 7) is 0. The van der Waals surface area contributed by atoms with Crippen LogP contribution in [0, 0.1) is 0 Å². The summed E-state index contributed by atoms with van der Waals surface area (Å²) in [5.41, 5.74) is -0.653. The monoisotopic (exact) mass is 263 g/mol. The number of carbonyl (C=O) groups is 2. The smallest absolute Gasteiger partial charge is 0.397 e. The summed E-state index contributed by atoms with van der Waals surface area (Å²) in [5.74, 6) is -3.24. The fraction of sp³-hybridized carbons (Fsp3) is 0.200. The third kappa shape index (κ3) is 3.96. The molecule has 0 aliphatic rings. The second kappa shape index (κ2) is 4.94. The molecule has 3 N–H and O–H groups in total. The summed E-state index contributed by atoms with van der Waals surface area (Å²) in [6.07, 6.45) is -6.39. The number of carbonyl (C=O) groups excluding carboxylic acids is 1. The molecule has 1 rings (SSSR count). The van der Waals surface area contributed by atoms with Gasteiger partial charge in [0.1, 0.15) is 12.2 Å². The van der Waals surface area contributed by atoms with E-state index in [9.17, 15) is 27.9 Å². The first-order valence-corrected chi connectivity index (χ1v) is 4.62. The number of anilines is 1. The standard InChI is InChI=1S/C10H8F3NO4/c11-10(12,13)4-8(16)14-6-3-5(9(17)18)1-2-7(6)15/h1-3,15H,4H2,(H,14,16)(H,17,18). The molecule has 8 heteroatoms. The van der Waals surface area contributed by atoms with Crippen molar-refractivity contribution in [1.29, 1.82) is 0 Å². The summed E-state index contributed by atoms with van der Waals surface area (Å²) in [4.78, 5) is 21.6. The average molecular weight is 263 g/mol. The van der Waals surface area contributed by atoms with E-state index in [0.29, 0.717) is 0 Å². The molecule has 5 nitrogen and oxygen atoms in total. The minimum absolute atomic E-state index is 0.268. The number of phenolic OH excluding ortho intramolecular Hbond substituents is 1. The molecule has 0 saturated carbocycles. The lowest BCUT2D eigenvalue weighted by Gasteiger charge is -2.09. The molecule has 0 spiro atoms. The Bertz CT molecular complexity index is 485. The van der Waals surface area contributed by atoms with Crippen LogP contribution in [0.2, 0.25) is 0 Å². The summed E-state index contributed by atoms with van der Waals surface area (Å²) >= 11 is 0. The van der Waals surface area contributed by atoms with Gasteiger partial charge in [0.2, 0.25) is 5.91 Å². The van der Waals surface area contributed by atoms with Gasteiger partial charge in [0.25, 0.3) is 0 Å². The van der Waals surface area contributed by atoms with E-state index in [1.807, 2.05) is 0 Å². The highest BCUT2D eigenvalue weighted by Gasteiger charge is 2.31. The van der Waals surface area contributed by atoms with Crippen LogP contribution < -0.4 is 5.32 Å². The van der Waals surface area contributed by atoms with E-state index in [4.69, 9.17) is 5.11 Å². The second-order valence-corrected chi connectivity index (χ2v) is 3.38. The van der Waals surface area contributed by atoms with E-state index in [1.165, 1.54) is 0 Å². The molecule has 18 heavy (non-hydrogen) atoms. The molecule has 0 fully saturated rings. The van der Waals surface area contributed by atoms with Crippen molar-refractivity contribution in [3.05, 3.63) is 23.8 Å². The highest BCUT2D eigenvalue weighted by molar-refractivity contribution is 5.95. The number of hydrogen-bond donors (Lipinski definition) is 3. The maximum Gasteiger partial charge on any atom is 0.397 e. The van der Waals surface area contributed by atoms with Crippen molar-refractivity contribution in [2.45, 2.75) is 12.6 Å². The molecular weight excluding hydrogens is 255 g/mol. The lowest BCUT2D eigenvalue weighted by molar-refractivity contribution is -0.150. The van der Waals surface area contributed by atoms with Gasteiger partial charge in [0, 0.05) is 0 Å². The van der Waals surface area contributed by atoms with Crippen LogP contribution in [0.4, 0.5) is 18.9 Å². The molecule has 0 aromatic heterocycles. The quantitative estimate of drug-likeness (QED) is 0.728. The molecule has 1 aromatic rings. The van der Waals surface area contributed by atoms with Gasteiger partial charge in [-0.05, 0) is 18.2 Å². The van der Waals surface area contributed by atoms with Gasteiger partial charge in [-0.15, -0.1) is 0 Å². The SMILES string of the molecule is O=C(CC(F)(F)F)Nc1cc(C(=O)O)ccc1O. The molecule has 0 unspecified atom stereocenters. The first-order chi connectivity index (χ1) is 8.19. The molecule has 0 heterocycles. The van der Waals surface area contributed by atoms with Crippen molar-refractivity contribution in [1.82, 2.24) is 0 Å². The Labute approximate surface area is 98.8 Å².